The highest BCUT2D eigenvalue weighted by Crippen LogP contribution is 2.28. The standard InChI is InChI=1S/C13H19BrN2O2/c1-16(2)12(17)7-4-8-18-13-10(9-15)5-3-6-11(13)14/h3,5-6H,4,7-9,15H2,1-2H3. The molecule has 0 fully saturated rings. The van der Waals surface area contributed by atoms with Crippen molar-refractivity contribution in [3.05, 3.63) is 28.2 Å². The first-order chi connectivity index (χ1) is 8.56. The van der Waals surface area contributed by atoms with E-state index < -0.39 is 0 Å². The molecule has 0 saturated carbocycles. The number of nitrogens with zero attached hydrogens (tertiary/aromatic N) is 1. The van der Waals surface area contributed by atoms with Crippen molar-refractivity contribution in [3.8, 4) is 5.75 Å². The van der Waals surface area contributed by atoms with Crippen LogP contribution < -0.4 is 10.5 Å². The van der Waals surface area contributed by atoms with Crippen LogP contribution in [-0.2, 0) is 11.3 Å². The maximum Gasteiger partial charge on any atom is 0.222 e. The molecule has 0 heterocycles. The highest BCUT2D eigenvalue weighted by molar-refractivity contribution is 9.10. The molecular formula is C13H19BrN2O2. The van der Waals surface area contributed by atoms with Crippen molar-refractivity contribution in [1.29, 1.82) is 0 Å². The molecule has 0 aliphatic carbocycles. The van der Waals surface area contributed by atoms with Gasteiger partial charge in [-0.2, -0.15) is 0 Å². The van der Waals surface area contributed by atoms with Gasteiger partial charge in [0.2, 0.25) is 5.91 Å². The predicted octanol–water partition coefficient (Wildman–Crippen LogP) is 2.16. The molecule has 1 amide bonds. The zero-order chi connectivity index (χ0) is 13.5. The van der Waals surface area contributed by atoms with E-state index in [9.17, 15) is 4.79 Å². The van der Waals surface area contributed by atoms with Gasteiger partial charge in [-0.1, -0.05) is 12.1 Å². The number of ether oxygens (including phenoxy) is 1. The van der Waals surface area contributed by atoms with Crippen molar-refractivity contribution < 1.29 is 9.53 Å². The molecular weight excluding hydrogens is 296 g/mol. The van der Waals surface area contributed by atoms with Gasteiger partial charge in [0.1, 0.15) is 5.75 Å². The minimum Gasteiger partial charge on any atom is -0.492 e. The fraction of sp³-hybridized carbons (Fsp3) is 0.462. The molecule has 0 aliphatic heterocycles. The van der Waals surface area contributed by atoms with E-state index in [-0.39, 0.29) is 5.91 Å². The monoisotopic (exact) mass is 314 g/mol. The van der Waals surface area contributed by atoms with Crippen molar-refractivity contribution in [2.45, 2.75) is 19.4 Å². The summed E-state index contributed by atoms with van der Waals surface area (Å²) >= 11 is 3.44. The number of para-hydroxylation sites is 1. The molecule has 0 atom stereocenters. The number of rotatable bonds is 6. The molecule has 5 heteroatoms. The van der Waals surface area contributed by atoms with Crippen LogP contribution in [0, 0.1) is 0 Å². The molecule has 100 valence electrons. The Balaban J connectivity index is 2.47. The summed E-state index contributed by atoms with van der Waals surface area (Å²) in [5.41, 5.74) is 6.61. The van der Waals surface area contributed by atoms with Crippen LogP contribution in [0.5, 0.6) is 5.75 Å². The Bertz CT molecular complexity index is 408. The average Bonchev–Trinajstić information content (AvgIpc) is 2.35. The first-order valence-corrected chi connectivity index (χ1v) is 6.66. The summed E-state index contributed by atoms with van der Waals surface area (Å²) in [4.78, 5) is 13.0. The van der Waals surface area contributed by atoms with Crippen LogP contribution in [0.2, 0.25) is 0 Å². The van der Waals surface area contributed by atoms with Crippen LogP contribution in [0.25, 0.3) is 0 Å². The van der Waals surface area contributed by atoms with E-state index in [0.717, 1.165) is 15.8 Å². The van der Waals surface area contributed by atoms with Crippen molar-refractivity contribution >= 4 is 21.8 Å². The van der Waals surface area contributed by atoms with Crippen molar-refractivity contribution in [1.82, 2.24) is 4.90 Å². The lowest BCUT2D eigenvalue weighted by atomic mass is 10.2. The molecule has 0 bridgehead atoms. The normalized spacial score (nSPS) is 10.2. The number of carbonyl (C=O) groups is 1. The fourth-order valence-corrected chi connectivity index (χ4v) is 2.02. The molecule has 4 nitrogen and oxygen atoms in total. The Kier molecular flexibility index (Phi) is 6.15. The van der Waals surface area contributed by atoms with E-state index in [4.69, 9.17) is 10.5 Å². The number of hydrogen-bond donors (Lipinski definition) is 1. The van der Waals surface area contributed by atoms with Gasteiger partial charge >= 0.3 is 0 Å². The highest BCUT2D eigenvalue weighted by atomic mass is 79.9. The number of halogens is 1. The van der Waals surface area contributed by atoms with Crippen LogP contribution in [0.3, 0.4) is 0 Å². The lowest BCUT2D eigenvalue weighted by molar-refractivity contribution is -0.128. The van der Waals surface area contributed by atoms with Crippen LogP contribution in [-0.4, -0.2) is 31.5 Å². The van der Waals surface area contributed by atoms with Gasteiger partial charge in [0.05, 0.1) is 11.1 Å². The topological polar surface area (TPSA) is 55.6 Å². The number of nitrogens with two attached hydrogens (primary N) is 1. The minimum absolute atomic E-state index is 0.116. The molecule has 18 heavy (non-hydrogen) atoms. The zero-order valence-electron chi connectivity index (χ0n) is 10.8. The third-order valence-corrected chi connectivity index (χ3v) is 3.17. The van der Waals surface area contributed by atoms with Crippen molar-refractivity contribution in [3.63, 3.8) is 0 Å². The summed E-state index contributed by atoms with van der Waals surface area (Å²) in [7, 11) is 3.51. The van der Waals surface area contributed by atoms with E-state index in [0.29, 0.717) is 26.0 Å². The van der Waals surface area contributed by atoms with Gasteiger partial charge < -0.3 is 15.4 Å². The summed E-state index contributed by atoms with van der Waals surface area (Å²) in [6, 6.07) is 5.78. The summed E-state index contributed by atoms with van der Waals surface area (Å²) in [6.45, 7) is 0.945. The molecule has 0 aliphatic rings. The van der Waals surface area contributed by atoms with Gasteiger partial charge in [-0.15, -0.1) is 0 Å². The van der Waals surface area contributed by atoms with Crippen LogP contribution >= 0.6 is 15.9 Å². The number of hydrogen-bond acceptors (Lipinski definition) is 3. The van der Waals surface area contributed by atoms with Crippen molar-refractivity contribution in [2.75, 3.05) is 20.7 Å². The average molecular weight is 315 g/mol. The summed E-state index contributed by atoms with van der Waals surface area (Å²) in [5, 5.41) is 0. The van der Waals surface area contributed by atoms with Gasteiger partial charge in [0, 0.05) is 32.6 Å². The molecule has 0 spiro atoms. The molecule has 0 saturated heterocycles. The largest absolute Gasteiger partial charge is 0.492 e. The second-order valence-corrected chi connectivity index (χ2v) is 5.03. The predicted molar refractivity (Wildman–Crippen MR) is 75.5 cm³/mol. The van der Waals surface area contributed by atoms with Gasteiger partial charge in [-0.05, 0) is 28.4 Å². The first-order valence-electron chi connectivity index (χ1n) is 5.86. The molecule has 0 unspecified atom stereocenters. The molecule has 1 aromatic carbocycles. The first kappa shape index (κ1) is 15.0. The summed E-state index contributed by atoms with van der Waals surface area (Å²) in [6.07, 6.45) is 1.19. The number of benzene rings is 1. The molecule has 1 aromatic rings. The lowest BCUT2D eigenvalue weighted by Crippen LogP contribution is -2.21. The van der Waals surface area contributed by atoms with E-state index >= 15 is 0 Å². The summed E-state index contributed by atoms with van der Waals surface area (Å²) < 4.78 is 6.58. The van der Waals surface area contributed by atoms with Gasteiger partial charge in [0.25, 0.3) is 0 Å². The SMILES string of the molecule is CN(C)C(=O)CCCOc1c(Br)cccc1CN. The van der Waals surface area contributed by atoms with E-state index in [1.165, 1.54) is 0 Å². The second kappa shape index (κ2) is 7.38. The highest BCUT2D eigenvalue weighted by Gasteiger charge is 2.08. The molecule has 0 aromatic heterocycles. The smallest absolute Gasteiger partial charge is 0.222 e. The molecule has 0 radical (unpaired) electrons. The Morgan fingerprint density at radius 3 is 2.78 bits per heavy atom. The third kappa shape index (κ3) is 4.31. The van der Waals surface area contributed by atoms with Crippen LogP contribution in [0.4, 0.5) is 0 Å². The van der Waals surface area contributed by atoms with Crippen LogP contribution in [0.15, 0.2) is 22.7 Å². The quantitative estimate of drug-likeness (QED) is 0.819. The third-order valence-electron chi connectivity index (χ3n) is 2.55. The fourth-order valence-electron chi connectivity index (χ4n) is 1.50. The van der Waals surface area contributed by atoms with Gasteiger partial charge in [-0.3, -0.25) is 4.79 Å². The molecule has 2 N–H and O–H groups in total. The maximum atomic E-state index is 11.4. The Hall–Kier alpha value is -1.07. The van der Waals surface area contributed by atoms with Gasteiger partial charge in [-0.25, -0.2) is 0 Å². The van der Waals surface area contributed by atoms with E-state index in [2.05, 4.69) is 15.9 Å². The van der Waals surface area contributed by atoms with E-state index in [1.54, 1.807) is 19.0 Å². The Morgan fingerprint density at radius 2 is 2.17 bits per heavy atom. The maximum absolute atomic E-state index is 11.4. The number of amides is 1. The second-order valence-electron chi connectivity index (χ2n) is 4.17. The summed E-state index contributed by atoms with van der Waals surface area (Å²) in [5.74, 6) is 0.891. The van der Waals surface area contributed by atoms with Crippen LogP contribution in [0.1, 0.15) is 18.4 Å². The Labute approximate surface area is 116 Å². The van der Waals surface area contributed by atoms with Gasteiger partial charge in [0.15, 0.2) is 0 Å². The molecule has 1 rings (SSSR count). The lowest BCUT2D eigenvalue weighted by Gasteiger charge is -2.13. The number of carbonyl (C=O) groups excluding carboxylic acids is 1. The van der Waals surface area contributed by atoms with Crippen molar-refractivity contribution in [2.24, 2.45) is 5.73 Å². The zero-order valence-corrected chi connectivity index (χ0v) is 12.4. The minimum atomic E-state index is 0.116. The Morgan fingerprint density at radius 1 is 1.44 bits per heavy atom. The van der Waals surface area contributed by atoms with E-state index in [1.807, 2.05) is 18.2 Å².